The number of nitrogens with zero attached hydrogens (tertiary/aromatic N) is 4. The normalized spacial score (nSPS) is 21.7. The molecule has 0 spiro atoms. The van der Waals surface area contributed by atoms with Gasteiger partial charge in [-0.1, -0.05) is 36.8 Å². The van der Waals surface area contributed by atoms with Gasteiger partial charge in [-0.15, -0.1) is 24.8 Å². The molecule has 0 bridgehead atoms. The number of hydrogen-bond donors (Lipinski definition) is 0. The molecule has 0 radical (unpaired) electrons. The Bertz CT molecular complexity index is 748. The van der Waals surface area contributed by atoms with E-state index in [2.05, 4.69) is 45.2 Å². The average Bonchev–Trinajstić information content (AvgIpc) is 2.85. The van der Waals surface area contributed by atoms with Gasteiger partial charge in [-0.25, -0.2) is 19.6 Å². The van der Waals surface area contributed by atoms with E-state index in [0.717, 1.165) is 64.4 Å². The molecule has 4 rings (SSSR count). The number of carbonyl (C=O) groups excluding carboxylic acids is 2. The Morgan fingerprint density at radius 1 is 0.853 bits per heavy atom. The van der Waals surface area contributed by atoms with Crippen molar-refractivity contribution in [3.05, 3.63) is 35.9 Å². The van der Waals surface area contributed by atoms with Gasteiger partial charge in [-0.3, -0.25) is 4.90 Å². The van der Waals surface area contributed by atoms with E-state index in [-0.39, 0.29) is 30.9 Å². The van der Waals surface area contributed by atoms with Crippen LogP contribution in [0.15, 0.2) is 30.3 Å². The first-order valence-electron chi connectivity index (χ1n) is 12.4. The van der Waals surface area contributed by atoms with Crippen molar-refractivity contribution < 1.29 is 14.3 Å². The molecule has 192 valence electrons. The van der Waals surface area contributed by atoms with E-state index in [0.29, 0.717) is 13.1 Å². The number of hydrogen-bond acceptors (Lipinski definition) is 6. The van der Waals surface area contributed by atoms with Crippen LogP contribution < -0.4 is 0 Å². The van der Waals surface area contributed by atoms with Gasteiger partial charge in [-0.05, 0) is 63.6 Å². The summed E-state index contributed by atoms with van der Waals surface area (Å²) >= 11 is 0. The third-order valence-corrected chi connectivity index (χ3v) is 7.34. The minimum absolute atomic E-state index is 0. The van der Waals surface area contributed by atoms with Crippen molar-refractivity contribution in [3.8, 4) is 0 Å². The van der Waals surface area contributed by atoms with Crippen molar-refractivity contribution >= 4 is 36.9 Å². The second-order valence-corrected chi connectivity index (χ2v) is 9.49. The number of carbonyl (C=O) groups is 2. The first kappa shape index (κ1) is 28.9. The zero-order chi connectivity index (χ0) is 22.3. The summed E-state index contributed by atoms with van der Waals surface area (Å²) in [6, 6.07) is 10.4. The van der Waals surface area contributed by atoms with E-state index in [4.69, 9.17) is 4.74 Å². The van der Waals surface area contributed by atoms with Gasteiger partial charge in [0.15, 0.2) is 0 Å². The Morgan fingerprint density at radius 3 is 2.06 bits per heavy atom. The standard InChI is InChI=1S/C25H38N4O3.2ClH/c1-21(26-12-6-3-7-13-26)24(30)32-25(31)27-16-18-29(19-17-27)28-14-10-23(11-15-28)20-22-8-4-2-5-9-22;;/h2,4-5,8-9,21,23H,3,6-7,10-20H2,1H3;2*1H. The van der Waals surface area contributed by atoms with Crippen molar-refractivity contribution in [3.63, 3.8) is 0 Å². The van der Waals surface area contributed by atoms with E-state index in [9.17, 15) is 9.59 Å². The van der Waals surface area contributed by atoms with Gasteiger partial charge in [0.25, 0.3) is 0 Å². The van der Waals surface area contributed by atoms with Gasteiger partial charge >= 0.3 is 12.1 Å². The van der Waals surface area contributed by atoms with Gasteiger partial charge < -0.3 is 9.64 Å². The number of ether oxygens (including phenoxy) is 1. The van der Waals surface area contributed by atoms with Crippen LogP contribution in [0.2, 0.25) is 0 Å². The molecule has 3 saturated heterocycles. The van der Waals surface area contributed by atoms with Gasteiger partial charge in [0.1, 0.15) is 6.04 Å². The highest BCUT2D eigenvalue weighted by atomic mass is 35.5. The molecule has 3 aliphatic rings. The molecule has 9 heteroatoms. The first-order valence-corrected chi connectivity index (χ1v) is 12.4. The summed E-state index contributed by atoms with van der Waals surface area (Å²) in [5.41, 5.74) is 1.43. The van der Waals surface area contributed by atoms with Crippen LogP contribution in [-0.4, -0.2) is 90.3 Å². The fraction of sp³-hybridized carbons (Fsp3) is 0.680. The molecule has 3 aliphatic heterocycles. The van der Waals surface area contributed by atoms with Crippen LogP contribution in [-0.2, 0) is 16.0 Å². The molecule has 1 amide bonds. The predicted octanol–water partition coefficient (Wildman–Crippen LogP) is 3.85. The van der Waals surface area contributed by atoms with Crippen molar-refractivity contribution in [1.82, 2.24) is 19.8 Å². The molecule has 1 atom stereocenters. The molecule has 34 heavy (non-hydrogen) atoms. The van der Waals surface area contributed by atoms with E-state index < -0.39 is 12.1 Å². The Kier molecular flexibility index (Phi) is 12.1. The Morgan fingerprint density at radius 2 is 1.44 bits per heavy atom. The molecule has 0 N–H and O–H groups in total. The topological polar surface area (TPSA) is 56.3 Å². The van der Waals surface area contributed by atoms with Gasteiger partial charge in [0.2, 0.25) is 0 Å². The molecule has 7 nitrogen and oxygen atoms in total. The summed E-state index contributed by atoms with van der Waals surface area (Å²) in [7, 11) is 0. The quantitative estimate of drug-likeness (QED) is 0.439. The zero-order valence-electron chi connectivity index (χ0n) is 20.3. The van der Waals surface area contributed by atoms with Crippen LogP contribution in [0, 0.1) is 5.92 Å². The molecule has 1 aromatic carbocycles. The summed E-state index contributed by atoms with van der Waals surface area (Å²) in [4.78, 5) is 28.8. The number of piperidine rings is 2. The lowest BCUT2D eigenvalue weighted by Crippen LogP contribution is -2.57. The highest BCUT2D eigenvalue weighted by Crippen LogP contribution is 2.23. The monoisotopic (exact) mass is 514 g/mol. The zero-order valence-corrected chi connectivity index (χ0v) is 21.9. The van der Waals surface area contributed by atoms with Gasteiger partial charge in [0, 0.05) is 39.3 Å². The lowest BCUT2D eigenvalue weighted by atomic mass is 9.91. The van der Waals surface area contributed by atoms with Crippen LogP contribution in [0.4, 0.5) is 4.79 Å². The molecule has 1 unspecified atom stereocenters. The van der Waals surface area contributed by atoms with Crippen molar-refractivity contribution in [1.29, 1.82) is 0 Å². The first-order chi connectivity index (χ1) is 15.6. The third-order valence-electron chi connectivity index (χ3n) is 7.34. The van der Waals surface area contributed by atoms with Crippen LogP contribution in [0.3, 0.4) is 0 Å². The predicted molar refractivity (Wildman–Crippen MR) is 138 cm³/mol. The largest absolute Gasteiger partial charge is 0.417 e. The second-order valence-electron chi connectivity index (χ2n) is 9.49. The number of hydrazine groups is 1. The summed E-state index contributed by atoms with van der Waals surface area (Å²) in [5.74, 6) is 0.331. The fourth-order valence-corrected chi connectivity index (χ4v) is 5.21. The maximum absolute atomic E-state index is 12.5. The summed E-state index contributed by atoms with van der Waals surface area (Å²) < 4.78 is 5.23. The summed E-state index contributed by atoms with van der Waals surface area (Å²) in [6.45, 7) is 8.63. The minimum atomic E-state index is -0.486. The molecular formula is C25H40Cl2N4O3. The van der Waals surface area contributed by atoms with Crippen molar-refractivity contribution in [2.24, 2.45) is 5.92 Å². The fourth-order valence-electron chi connectivity index (χ4n) is 5.21. The molecule has 3 fully saturated rings. The van der Waals surface area contributed by atoms with Crippen molar-refractivity contribution in [2.75, 3.05) is 52.4 Å². The molecular weight excluding hydrogens is 475 g/mol. The summed E-state index contributed by atoms with van der Waals surface area (Å²) in [6.07, 6.45) is 6.53. The maximum Gasteiger partial charge on any atom is 0.417 e. The average molecular weight is 516 g/mol. The van der Waals surface area contributed by atoms with Crippen LogP contribution in [0.1, 0.15) is 44.6 Å². The number of likely N-dealkylation sites (tertiary alicyclic amines) is 1. The molecule has 0 aliphatic carbocycles. The number of amides is 1. The Labute approximate surface area is 216 Å². The number of piperazine rings is 1. The Balaban J connectivity index is 0.00000204. The molecule has 1 aromatic rings. The Hall–Kier alpha value is -1.38. The molecule has 3 heterocycles. The van der Waals surface area contributed by atoms with Crippen molar-refractivity contribution in [2.45, 2.75) is 51.5 Å². The number of esters is 1. The second kappa shape index (κ2) is 14.2. The van der Waals surface area contributed by atoms with E-state index in [1.165, 1.54) is 24.8 Å². The van der Waals surface area contributed by atoms with E-state index >= 15 is 0 Å². The summed E-state index contributed by atoms with van der Waals surface area (Å²) in [5, 5.41) is 4.83. The van der Waals surface area contributed by atoms with E-state index in [1.807, 2.05) is 6.92 Å². The molecule has 0 saturated carbocycles. The number of rotatable bonds is 5. The number of benzene rings is 1. The lowest BCUT2D eigenvalue weighted by Gasteiger charge is -2.43. The number of halogens is 2. The SMILES string of the molecule is CC(C(=O)OC(=O)N1CCN(N2CCC(Cc3ccccc3)CC2)CC1)N1CCCCC1.Cl.Cl. The highest BCUT2D eigenvalue weighted by molar-refractivity contribution is 5.87. The van der Waals surface area contributed by atoms with Crippen LogP contribution in [0.25, 0.3) is 0 Å². The van der Waals surface area contributed by atoms with Gasteiger partial charge in [-0.2, -0.15) is 0 Å². The third kappa shape index (κ3) is 7.82. The van der Waals surface area contributed by atoms with Gasteiger partial charge in [0.05, 0.1) is 0 Å². The van der Waals surface area contributed by atoms with Crippen LogP contribution >= 0.6 is 24.8 Å². The maximum atomic E-state index is 12.5. The minimum Gasteiger partial charge on any atom is -0.375 e. The lowest BCUT2D eigenvalue weighted by molar-refractivity contribution is -0.145. The smallest absolute Gasteiger partial charge is 0.375 e. The van der Waals surface area contributed by atoms with Crippen LogP contribution in [0.5, 0.6) is 0 Å². The highest BCUT2D eigenvalue weighted by Gasteiger charge is 2.31. The van der Waals surface area contributed by atoms with E-state index in [1.54, 1.807) is 4.90 Å². The molecule has 0 aromatic heterocycles.